The van der Waals surface area contributed by atoms with Gasteiger partial charge in [-0.3, -0.25) is 14.5 Å². The Bertz CT molecular complexity index is 910. The third kappa shape index (κ3) is 6.48. The van der Waals surface area contributed by atoms with Crippen LogP contribution in [-0.2, 0) is 4.79 Å². The Hall–Kier alpha value is -2.57. The van der Waals surface area contributed by atoms with Gasteiger partial charge in [0.2, 0.25) is 5.91 Å². The van der Waals surface area contributed by atoms with Gasteiger partial charge in [0.15, 0.2) is 5.78 Å². The number of hydrogen-bond acceptors (Lipinski definition) is 3. The lowest BCUT2D eigenvalue weighted by atomic mass is 10.0. The minimum Gasteiger partial charge on any atom is -0.306 e. The maximum absolute atomic E-state index is 14.7. The van der Waals surface area contributed by atoms with E-state index in [1.807, 2.05) is 30.2 Å². The second-order valence-electron chi connectivity index (χ2n) is 6.61. The molecule has 0 saturated carbocycles. The molecule has 6 heteroatoms. The summed E-state index contributed by atoms with van der Waals surface area (Å²) in [6.07, 6.45) is 5.55. The highest BCUT2D eigenvalue weighted by Crippen LogP contribution is 2.23. The van der Waals surface area contributed by atoms with Gasteiger partial charge < -0.3 is 4.90 Å². The number of halogens is 2. The third-order valence-electron chi connectivity index (χ3n) is 4.30. The van der Waals surface area contributed by atoms with Gasteiger partial charge in [-0.25, -0.2) is 4.39 Å². The van der Waals surface area contributed by atoms with Crippen LogP contribution in [0.4, 0.5) is 10.1 Å². The Morgan fingerprint density at radius 3 is 2.24 bits per heavy atom. The molecular formula is C23H24BrFN2O2. The highest BCUT2D eigenvalue weighted by Gasteiger charge is 2.17. The molecule has 1 amide bonds. The number of nitrogens with zero attached hydrogens (tertiary/aromatic N) is 2. The molecule has 2 aromatic rings. The SMILES string of the molecule is C=CCN(C)CC=CCN(C(C)=O)c1ccc(C(=O)c2ccc(Br)cc2)cc1F. The maximum Gasteiger partial charge on any atom is 0.224 e. The van der Waals surface area contributed by atoms with Crippen molar-refractivity contribution >= 4 is 33.3 Å². The van der Waals surface area contributed by atoms with Crippen LogP contribution in [0, 0.1) is 5.82 Å². The molecular weight excluding hydrogens is 435 g/mol. The lowest BCUT2D eigenvalue weighted by Crippen LogP contribution is -2.29. The Morgan fingerprint density at radius 1 is 1.03 bits per heavy atom. The molecule has 0 unspecified atom stereocenters. The van der Waals surface area contributed by atoms with Gasteiger partial charge in [0.1, 0.15) is 5.82 Å². The first-order chi connectivity index (χ1) is 13.8. The number of amides is 1. The van der Waals surface area contributed by atoms with E-state index in [9.17, 15) is 14.0 Å². The lowest BCUT2D eigenvalue weighted by Gasteiger charge is -2.20. The fourth-order valence-corrected chi connectivity index (χ4v) is 3.03. The van der Waals surface area contributed by atoms with Crippen molar-refractivity contribution in [3.8, 4) is 0 Å². The zero-order valence-corrected chi connectivity index (χ0v) is 18.2. The van der Waals surface area contributed by atoms with Gasteiger partial charge in [-0.1, -0.05) is 34.2 Å². The molecule has 0 N–H and O–H groups in total. The standard InChI is InChI=1S/C23H24BrFN2O2/c1-4-13-26(3)14-5-6-15-27(17(2)28)22-12-9-19(16-21(22)25)23(29)18-7-10-20(24)11-8-18/h4-12,16H,1,13-15H2,2-3H3. The normalized spacial score (nSPS) is 11.1. The second kappa shape index (κ2) is 10.8. The average molecular weight is 459 g/mol. The molecule has 0 aliphatic heterocycles. The molecule has 0 aliphatic carbocycles. The number of carbonyl (C=O) groups excluding carboxylic acids is 2. The van der Waals surface area contributed by atoms with Gasteiger partial charge in [-0.15, -0.1) is 6.58 Å². The van der Waals surface area contributed by atoms with Crippen LogP contribution in [0.25, 0.3) is 0 Å². The van der Waals surface area contributed by atoms with E-state index in [1.54, 1.807) is 30.3 Å². The lowest BCUT2D eigenvalue weighted by molar-refractivity contribution is -0.116. The van der Waals surface area contributed by atoms with E-state index in [-0.39, 0.29) is 29.5 Å². The van der Waals surface area contributed by atoms with E-state index in [4.69, 9.17) is 0 Å². The number of anilines is 1. The predicted octanol–water partition coefficient (Wildman–Crippen LogP) is 4.85. The van der Waals surface area contributed by atoms with Crippen molar-refractivity contribution < 1.29 is 14.0 Å². The number of likely N-dealkylation sites (N-methyl/N-ethyl adjacent to an activating group) is 1. The summed E-state index contributed by atoms with van der Waals surface area (Å²) >= 11 is 3.32. The highest BCUT2D eigenvalue weighted by molar-refractivity contribution is 9.10. The summed E-state index contributed by atoms with van der Waals surface area (Å²) in [4.78, 5) is 28.0. The molecule has 0 heterocycles. The van der Waals surface area contributed by atoms with Crippen molar-refractivity contribution in [1.82, 2.24) is 4.90 Å². The molecule has 0 saturated heterocycles. The number of benzene rings is 2. The number of ketones is 1. The van der Waals surface area contributed by atoms with E-state index in [0.717, 1.165) is 11.0 Å². The van der Waals surface area contributed by atoms with Gasteiger partial charge in [-0.2, -0.15) is 0 Å². The van der Waals surface area contributed by atoms with Crippen molar-refractivity contribution in [3.05, 3.63) is 88.7 Å². The van der Waals surface area contributed by atoms with Crippen LogP contribution in [0.15, 0.2) is 71.7 Å². The largest absolute Gasteiger partial charge is 0.306 e. The van der Waals surface area contributed by atoms with Crippen molar-refractivity contribution in [1.29, 1.82) is 0 Å². The quantitative estimate of drug-likeness (QED) is 0.398. The summed E-state index contributed by atoms with van der Waals surface area (Å²) in [5.41, 5.74) is 0.850. The summed E-state index contributed by atoms with van der Waals surface area (Å²) in [5, 5.41) is 0. The molecule has 2 rings (SSSR count). The Kier molecular flexibility index (Phi) is 8.49. The molecule has 0 aromatic heterocycles. The van der Waals surface area contributed by atoms with Crippen LogP contribution >= 0.6 is 15.9 Å². The fraction of sp³-hybridized carbons (Fsp3) is 0.217. The van der Waals surface area contributed by atoms with Gasteiger partial charge in [0, 0.05) is 42.2 Å². The van der Waals surface area contributed by atoms with Crippen LogP contribution in [0.5, 0.6) is 0 Å². The average Bonchev–Trinajstić information content (AvgIpc) is 2.68. The van der Waals surface area contributed by atoms with Crippen LogP contribution in [0.2, 0.25) is 0 Å². The minimum atomic E-state index is -0.611. The molecule has 152 valence electrons. The van der Waals surface area contributed by atoms with Crippen LogP contribution in [-0.4, -0.2) is 43.3 Å². The molecule has 0 fully saturated rings. The first kappa shape index (κ1) is 22.7. The topological polar surface area (TPSA) is 40.6 Å². The maximum atomic E-state index is 14.7. The van der Waals surface area contributed by atoms with Gasteiger partial charge >= 0.3 is 0 Å². The second-order valence-corrected chi connectivity index (χ2v) is 7.53. The molecule has 2 aromatic carbocycles. The molecule has 0 bridgehead atoms. The summed E-state index contributed by atoms with van der Waals surface area (Å²) in [6, 6.07) is 11.1. The monoisotopic (exact) mass is 458 g/mol. The van der Waals surface area contributed by atoms with E-state index >= 15 is 0 Å². The zero-order chi connectivity index (χ0) is 21.4. The summed E-state index contributed by atoms with van der Waals surface area (Å²) in [5.74, 6) is -1.16. The fourth-order valence-electron chi connectivity index (χ4n) is 2.76. The summed E-state index contributed by atoms with van der Waals surface area (Å²) < 4.78 is 15.6. The Balaban J connectivity index is 2.16. The molecule has 0 aliphatic rings. The van der Waals surface area contributed by atoms with E-state index in [1.165, 1.54) is 24.0 Å². The van der Waals surface area contributed by atoms with Crippen molar-refractivity contribution in [2.24, 2.45) is 0 Å². The predicted molar refractivity (Wildman–Crippen MR) is 119 cm³/mol. The van der Waals surface area contributed by atoms with Crippen molar-refractivity contribution in [2.75, 3.05) is 31.6 Å². The van der Waals surface area contributed by atoms with Crippen LogP contribution in [0.1, 0.15) is 22.8 Å². The number of carbonyl (C=O) groups is 2. The molecule has 4 nitrogen and oxygen atoms in total. The van der Waals surface area contributed by atoms with Crippen molar-refractivity contribution in [3.63, 3.8) is 0 Å². The number of hydrogen-bond donors (Lipinski definition) is 0. The zero-order valence-electron chi connectivity index (χ0n) is 16.6. The highest BCUT2D eigenvalue weighted by atomic mass is 79.9. The third-order valence-corrected chi connectivity index (χ3v) is 4.83. The van der Waals surface area contributed by atoms with Crippen LogP contribution in [0.3, 0.4) is 0 Å². The van der Waals surface area contributed by atoms with E-state index in [2.05, 4.69) is 22.5 Å². The minimum absolute atomic E-state index is 0.147. The first-order valence-electron chi connectivity index (χ1n) is 9.16. The smallest absolute Gasteiger partial charge is 0.224 e. The molecule has 0 spiro atoms. The van der Waals surface area contributed by atoms with Gasteiger partial charge in [-0.05, 0) is 49.5 Å². The summed E-state index contributed by atoms with van der Waals surface area (Å²) in [7, 11) is 1.95. The summed E-state index contributed by atoms with van der Waals surface area (Å²) in [6.45, 7) is 6.77. The molecule has 29 heavy (non-hydrogen) atoms. The van der Waals surface area contributed by atoms with Gasteiger partial charge in [0.25, 0.3) is 0 Å². The molecule has 0 atom stereocenters. The Morgan fingerprint density at radius 2 is 1.66 bits per heavy atom. The van der Waals surface area contributed by atoms with E-state index < -0.39 is 5.82 Å². The Labute approximate surface area is 179 Å². The van der Waals surface area contributed by atoms with Gasteiger partial charge in [0.05, 0.1) is 5.69 Å². The first-order valence-corrected chi connectivity index (χ1v) is 9.95. The number of rotatable bonds is 9. The van der Waals surface area contributed by atoms with Crippen LogP contribution < -0.4 is 4.90 Å². The van der Waals surface area contributed by atoms with Crippen molar-refractivity contribution in [2.45, 2.75) is 6.92 Å². The van der Waals surface area contributed by atoms with E-state index in [0.29, 0.717) is 12.1 Å². The molecule has 0 radical (unpaired) electrons.